The van der Waals surface area contributed by atoms with Gasteiger partial charge in [0.2, 0.25) is 11.5 Å². The number of rotatable bonds is 5. The first-order valence-electron chi connectivity index (χ1n) is 10.1. The Labute approximate surface area is 179 Å². The molecule has 0 aliphatic carbocycles. The van der Waals surface area contributed by atoms with Crippen molar-refractivity contribution in [1.29, 1.82) is 0 Å². The molecule has 0 saturated carbocycles. The Morgan fingerprint density at radius 1 is 1.13 bits per heavy atom. The molecule has 10 nitrogen and oxygen atoms in total. The molecule has 0 spiro atoms. The summed E-state index contributed by atoms with van der Waals surface area (Å²) in [4.78, 5) is 48.4. The molecule has 0 atom stereocenters. The summed E-state index contributed by atoms with van der Waals surface area (Å²) in [5.74, 6) is 0.806. The standard InChI is InChI=1S/C21H24N5O5/c1-24-19-17(20(28)25(2)21(24)29)22-18(23-19)13-7-8-14(15(11-13)30-3)31-12-16(27)26-9-5-4-6-10-26/h7-8,11H,4-6,9-10,12H2,1-3H3/q+1. The first kappa shape index (κ1) is 20.7. The van der Waals surface area contributed by atoms with E-state index in [4.69, 9.17) is 9.47 Å². The molecule has 0 unspecified atom stereocenters. The molecule has 0 radical (unpaired) electrons. The first-order valence-corrected chi connectivity index (χ1v) is 10.1. The molecular weight excluding hydrogens is 402 g/mol. The summed E-state index contributed by atoms with van der Waals surface area (Å²) in [6, 6.07) is 4.61. The minimum atomic E-state index is -0.500. The number of likely N-dealkylation sites (tertiary alicyclic amines) is 1. The lowest BCUT2D eigenvalue weighted by Gasteiger charge is -2.26. The molecule has 162 valence electrons. The third kappa shape index (κ3) is 3.80. The van der Waals surface area contributed by atoms with Gasteiger partial charge in [-0.3, -0.25) is 4.79 Å². The predicted octanol–water partition coefficient (Wildman–Crippen LogP) is 0.920. The van der Waals surface area contributed by atoms with E-state index < -0.39 is 11.9 Å². The van der Waals surface area contributed by atoms with Crippen LogP contribution in [-0.2, 0) is 9.59 Å². The number of piperidine rings is 1. The lowest BCUT2D eigenvalue weighted by Crippen LogP contribution is -2.51. The zero-order chi connectivity index (χ0) is 22.1. The van der Waals surface area contributed by atoms with Crippen LogP contribution in [0.15, 0.2) is 28.2 Å². The van der Waals surface area contributed by atoms with Crippen LogP contribution >= 0.6 is 0 Å². The van der Waals surface area contributed by atoms with Crippen LogP contribution in [-0.4, -0.2) is 90.5 Å². The van der Waals surface area contributed by atoms with Gasteiger partial charge in [-0.2, -0.15) is 14.5 Å². The Morgan fingerprint density at radius 3 is 2.58 bits per heavy atom. The van der Waals surface area contributed by atoms with Crippen molar-refractivity contribution in [3.05, 3.63) is 23.8 Å². The molecule has 0 N–H and O–H groups in total. The van der Waals surface area contributed by atoms with Crippen LogP contribution in [0, 0.1) is 0 Å². The largest absolute Gasteiger partial charge is 0.493 e. The van der Waals surface area contributed by atoms with Crippen molar-refractivity contribution in [2.75, 3.05) is 40.9 Å². The van der Waals surface area contributed by atoms with Gasteiger partial charge in [-0.05, 0) is 37.5 Å². The monoisotopic (exact) mass is 426 g/mol. The second kappa shape index (κ2) is 8.29. The molecular formula is C21H24N5O5+. The average molecular weight is 426 g/mol. The van der Waals surface area contributed by atoms with Gasteiger partial charge in [0.25, 0.3) is 5.91 Å². The van der Waals surface area contributed by atoms with Crippen molar-refractivity contribution in [1.82, 2.24) is 9.80 Å². The van der Waals surface area contributed by atoms with Gasteiger partial charge in [-0.1, -0.05) is 4.99 Å². The number of hydrogen-bond donors (Lipinski definition) is 0. The number of carbonyl (C=O) groups is 3. The minimum absolute atomic E-state index is 0.0480. The number of imide groups is 1. The number of amidine groups is 2. The number of methoxy groups -OCH3 is 1. The smallest absolute Gasteiger partial charge is 0.446 e. The molecule has 3 heterocycles. The molecule has 31 heavy (non-hydrogen) atoms. The van der Waals surface area contributed by atoms with Crippen molar-refractivity contribution in [3.63, 3.8) is 0 Å². The number of aliphatic imine (C=N–C) groups is 2. The number of ether oxygens (including phenoxy) is 2. The summed E-state index contributed by atoms with van der Waals surface area (Å²) in [6.45, 7) is 1.47. The number of benzene rings is 1. The Morgan fingerprint density at radius 2 is 1.87 bits per heavy atom. The lowest BCUT2D eigenvalue weighted by atomic mass is 10.1. The number of carbonyl (C=O) groups excluding carboxylic acids is 3. The van der Waals surface area contributed by atoms with Crippen LogP contribution in [0.3, 0.4) is 0 Å². The molecule has 0 bridgehead atoms. The molecule has 3 aliphatic heterocycles. The Balaban J connectivity index is 1.54. The fourth-order valence-corrected chi connectivity index (χ4v) is 3.70. The second-order valence-electron chi connectivity index (χ2n) is 7.52. The molecule has 1 aromatic carbocycles. The molecule has 3 aliphatic rings. The van der Waals surface area contributed by atoms with Gasteiger partial charge in [0, 0.05) is 18.7 Å². The van der Waals surface area contributed by atoms with Crippen LogP contribution in [0.4, 0.5) is 4.79 Å². The molecule has 10 heteroatoms. The first-order chi connectivity index (χ1) is 14.9. The van der Waals surface area contributed by atoms with Crippen molar-refractivity contribution in [2.24, 2.45) is 9.98 Å². The summed E-state index contributed by atoms with van der Waals surface area (Å²) in [5.41, 5.74) is 0.711. The van der Waals surface area contributed by atoms with Crippen LogP contribution in [0.5, 0.6) is 11.5 Å². The minimum Gasteiger partial charge on any atom is -0.493 e. The summed E-state index contributed by atoms with van der Waals surface area (Å²) in [7, 11) is 4.44. The normalized spacial score (nSPS) is 18.7. The van der Waals surface area contributed by atoms with E-state index >= 15 is 0 Å². The number of amides is 4. The van der Waals surface area contributed by atoms with E-state index in [1.165, 1.54) is 18.7 Å². The SMILES string of the molecule is COc1cc(C2=NC3=[N+](C)C(=O)N(C)C(=O)C3=N2)ccc1OCC(=O)N1CCCCC1. The van der Waals surface area contributed by atoms with Crippen LogP contribution in [0.2, 0.25) is 0 Å². The molecule has 1 aromatic rings. The topological polar surface area (TPSA) is 104 Å². The zero-order valence-corrected chi connectivity index (χ0v) is 17.8. The Kier molecular flexibility index (Phi) is 5.53. The molecule has 1 saturated heterocycles. The molecule has 0 aromatic heterocycles. The maximum absolute atomic E-state index is 12.4. The highest BCUT2D eigenvalue weighted by Gasteiger charge is 2.44. The van der Waals surface area contributed by atoms with E-state index in [2.05, 4.69) is 9.98 Å². The highest BCUT2D eigenvalue weighted by atomic mass is 16.5. The summed E-state index contributed by atoms with van der Waals surface area (Å²) >= 11 is 0. The molecule has 4 rings (SSSR count). The third-order valence-corrected chi connectivity index (χ3v) is 5.52. The highest BCUT2D eigenvalue weighted by molar-refractivity contribution is 6.70. The number of hydrogen-bond acceptors (Lipinski definition) is 7. The van der Waals surface area contributed by atoms with E-state index in [1.807, 2.05) is 4.90 Å². The number of urea groups is 1. The van der Waals surface area contributed by atoms with Gasteiger partial charge in [-0.15, -0.1) is 0 Å². The van der Waals surface area contributed by atoms with E-state index in [0.29, 0.717) is 22.9 Å². The van der Waals surface area contributed by atoms with Crippen LogP contribution < -0.4 is 9.47 Å². The summed E-state index contributed by atoms with van der Waals surface area (Å²) in [5, 5.41) is 0. The third-order valence-electron chi connectivity index (χ3n) is 5.52. The summed E-state index contributed by atoms with van der Waals surface area (Å²) < 4.78 is 12.4. The zero-order valence-electron chi connectivity index (χ0n) is 17.8. The predicted molar refractivity (Wildman–Crippen MR) is 112 cm³/mol. The molecule has 1 fully saturated rings. The van der Waals surface area contributed by atoms with Crippen molar-refractivity contribution >= 4 is 35.2 Å². The second-order valence-corrected chi connectivity index (χ2v) is 7.52. The van der Waals surface area contributed by atoms with Crippen molar-refractivity contribution < 1.29 is 28.4 Å². The van der Waals surface area contributed by atoms with E-state index in [0.717, 1.165) is 37.3 Å². The van der Waals surface area contributed by atoms with E-state index in [-0.39, 0.29) is 24.1 Å². The van der Waals surface area contributed by atoms with Crippen molar-refractivity contribution in [2.45, 2.75) is 19.3 Å². The lowest BCUT2D eigenvalue weighted by molar-refractivity contribution is -0.401. The van der Waals surface area contributed by atoms with Gasteiger partial charge in [0.05, 0.1) is 21.2 Å². The van der Waals surface area contributed by atoms with Gasteiger partial charge < -0.3 is 14.4 Å². The van der Waals surface area contributed by atoms with Crippen LogP contribution in [0.25, 0.3) is 0 Å². The summed E-state index contributed by atoms with van der Waals surface area (Å²) in [6.07, 6.45) is 3.19. The van der Waals surface area contributed by atoms with Gasteiger partial charge in [0.15, 0.2) is 18.1 Å². The van der Waals surface area contributed by atoms with E-state index in [9.17, 15) is 14.4 Å². The number of nitrogens with zero attached hydrogens (tertiary/aromatic N) is 5. The maximum atomic E-state index is 12.4. The quantitative estimate of drug-likeness (QED) is 0.652. The fourth-order valence-electron chi connectivity index (χ4n) is 3.70. The van der Waals surface area contributed by atoms with Gasteiger partial charge in [0.1, 0.15) is 0 Å². The van der Waals surface area contributed by atoms with Crippen LogP contribution in [0.1, 0.15) is 24.8 Å². The van der Waals surface area contributed by atoms with Gasteiger partial charge in [-0.25, -0.2) is 9.59 Å². The van der Waals surface area contributed by atoms with Crippen molar-refractivity contribution in [3.8, 4) is 11.5 Å². The molecule has 4 amide bonds. The Bertz CT molecular complexity index is 1050. The maximum Gasteiger partial charge on any atom is 0.446 e. The average Bonchev–Trinajstić information content (AvgIpc) is 3.26. The van der Waals surface area contributed by atoms with E-state index in [1.54, 1.807) is 25.2 Å². The highest BCUT2D eigenvalue weighted by Crippen LogP contribution is 2.29. The fraction of sp³-hybridized carbons (Fsp3) is 0.429. The number of fused-ring (bicyclic) bond motifs is 1. The van der Waals surface area contributed by atoms with Gasteiger partial charge >= 0.3 is 17.8 Å². The Hall–Kier alpha value is -3.56.